The first-order chi connectivity index (χ1) is 10.5. The lowest BCUT2D eigenvalue weighted by molar-refractivity contribution is 0.433. The van der Waals surface area contributed by atoms with E-state index in [4.69, 9.17) is 0 Å². The van der Waals surface area contributed by atoms with Crippen LogP contribution in [0, 0.1) is 20.8 Å². The molecule has 0 bridgehead atoms. The first kappa shape index (κ1) is 14.5. The van der Waals surface area contributed by atoms with Crippen molar-refractivity contribution in [3.8, 4) is 11.5 Å². The average molecular weight is 295 g/mol. The van der Waals surface area contributed by atoms with Crippen molar-refractivity contribution in [2.24, 2.45) is 0 Å². The highest BCUT2D eigenvalue weighted by molar-refractivity contribution is 5.50. The smallest absolute Gasteiger partial charge is 0.158 e. The van der Waals surface area contributed by atoms with Gasteiger partial charge in [-0.05, 0) is 45.9 Å². The van der Waals surface area contributed by atoms with E-state index in [1.165, 1.54) is 5.69 Å². The van der Waals surface area contributed by atoms with E-state index in [1.54, 1.807) is 0 Å². The molecule has 3 heterocycles. The Bertz CT molecular complexity index is 784. The predicted octanol–water partition coefficient (Wildman–Crippen LogP) is 3.33. The van der Waals surface area contributed by atoms with Crippen molar-refractivity contribution in [3.05, 3.63) is 53.7 Å². The van der Waals surface area contributed by atoms with Crippen LogP contribution in [0.2, 0.25) is 0 Å². The monoisotopic (exact) mass is 295 g/mol. The van der Waals surface area contributed by atoms with Crippen molar-refractivity contribution < 1.29 is 0 Å². The third kappa shape index (κ3) is 2.79. The molecule has 0 aliphatic heterocycles. The maximum absolute atomic E-state index is 4.58. The van der Waals surface area contributed by atoms with Crippen LogP contribution in [-0.4, -0.2) is 24.3 Å². The van der Waals surface area contributed by atoms with Gasteiger partial charge in [0.1, 0.15) is 5.69 Å². The quantitative estimate of drug-likeness (QED) is 0.742. The normalized spacial score (nSPS) is 12.5. The Morgan fingerprint density at radius 3 is 2.64 bits per heavy atom. The van der Waals surface area contributed by atoms with Crippen molar-refractivity contribution >= 4 is 0 Å². The van der Waals surface area contributed by atoms with Gasteiger partial charge in [-0.3, -0.25) is 4.68 Å². The number of hydrogen-bond donors (Lipinski definition) is 0. The third-order valence-corrected chi connectivity index (χ3v) is 3.80. The molecule has 0 saturated carbocycles. The fourth-order valence-electron chi connectivity index (χ4n) is 2.73. The van der Waals surface area contributed by atoms with Gasteiger partial charge in [0.05, 0.1) is 18.3 Å². The summed E-state index contributed by atoms with van der Waals surface area (Å²) < 4.78 is 4.21. The van der Waals surface area contributed by atoms with Gasteiger partial charge in [-0.25, -0.2) is 9.97 Å². The summed E-state index contributed by atoms with van der Waals surface area (Å²) in [7, 11) is 0. The van der Waals surface area contributed by atoms with Crippen LogP contribution in [-0.2, 0) is 6.54 Å². The number of imidazole rings is 1. The maximum atomic E-state index is 4.58. The van der Waals surface area contributed by atoms with E-state index in [0.717, 1.165) is 29.5 Å². The standard InChI is InChI=1S/C17H21N5/c1-12-6-5-7-16(19-12)17-18-8-9-21(17)15(4)11-22-14(3)10-13(2)20-22/h5-10,15H,11H2,1-4H3/t15-/m0/s1. The van der Waals surface area contributed by atoms with Crippen molar-refractivity contribution in [3.63, 3.8) is 0 Å². The Balaban J connectivity index is 1.89. The molecular weight excluding hydrogens is 274 g/mol. The van der Waals surface area contributed by atoms with Gasteiger partial charge in [0.25, 0.3) is 0 Å². The summed E-state index contributed by atoms with van der Waals surface area (Å²) in [5.74, 6) is 0.901. The molecule has 0 spiro atoms. The highest BCUT2D eigenvalue weighted by Gasteiger charge is 2.14. The van der Waals surface area contributed by atoms with E-state index < -0.39 is 0 Å². The van der Waals surface area contributed by atoms with Crippen LogP contribution in [0.1, 0.15) is 30.0 Å². The van der Waals surface area contributed by atoms with Gasteiger partial charge in [0.15, 0.2) is 5.82 Å². The van der Waals surface area contributed by atoms with Gasteiger partial charge < -0.3 is 4.57 Å². The summed E-state index contributed by atoms with van der Waals surface area (Å²) in [5.41, 5.74) is 4.14. The lowest BCUT2D eigenvalue weighted by Crippen LogP contribution is -2.15. The maximum Gasteiger partial charge on any atom is 0.158 e. The molecular formula is C17H21N5. The van der Waals surface area contributed by atoms with E-state index in [9.17, 15) is 0 Å². The fourth-order valence-corrected chi connectivity index (χ4v) is 2.73. The molecule has 3 rings (SSSR count). The zero-order chi connectivity index (χ0) is 15.7. The molecule has 0 unspecified atom stereocenters. The SMILES string of the molecule is Cc1cccc(-c2nccn2[C@@H](C)Cn2nc(C)cc2C)n1. The summed E-state index contributed by atoms with van der Waals surface area (Å²) in [6.45, 7) is 9.10. The topological polar surface area (TPSA) is 48.5 Å². The minimum atomic E-state index is 0.248. The average Bonchev–Trinajstić information content (AvgIpc) is 3.06. The lowest BCUT2D eigenvalue weighted by Gasteiger charge is -2.17. The third-order valence-electron chi connectivity index (χ3n) is 3.80. The summed E-state index contributed by atoms with van der Waals surface area (Å²) in [4.78, 5) is 9.07. The Morgan fingerprint density at radius 1 is 1.14 bits per heavy atom. The summed E-state index contributed by atoms with van der Waals surface area (Å²) >= 11 is 0. The number of aryl methyl sites for hydroxylation is 3. The molecule has 3 aromatic rings. The molecule has 0 saturated heterocycles. The summed E-state index contributed by atoms with van der Waals surface area (Å²) in [6, 6.07) is 8.36. The highest BCUT2D eigenvalue weighted by atomic mass is 15.3. The molecule has 0 aliphatic carbocycles. The Kier molecular flexibility index (Phi) is 3.79. The number of hydrogen-bond acceptors (Lipinski definition) is 3. The summed E-state index contributed by atoms with van der Waals surface area (Å²) in [5, 5.41) is 4.54. The van der Waals surface area contributed by atoms with Crippen LogP contribution in [0.5, 0.6) is 0 Å². The predicted molar refractivity (Wildman–Crippen MR) is 86.6 cm³/mol. The second-order valence-corrected chi connectivity index (χ2v) is 5.78. The second kappa shape index (κ2) is 5.75. The molecule has 0 radical (unpaired) electrons. The van der Waals surface area contributed by atoms with Crippen LogP contribution >= 0.6 is 0 Å². The molecule has 0 aromatic carbocycles. The zero-order valence-corrected chi connectivity index (χ0v) is 13.5. The largest absolute Gasteiger partial charge is 0.325 e. The molecule has 0 aliphatic rings. The molecule has 5 nitrogen and oxygen atoms in total. The van der Waals surface area contributed by atoms with Gasteiger partial charge in [-0.2, -0.15) is 5.10 Å². The van der Waals surface area contributed by atoms with E-state index in [0.29, 0.717) is 0 Å². The second-order valence-electron chi connectivity index (χ2n) is 5.78. The molecule has 22 heavy (non-hydrogen) atoms. The molecule has 0 fully saturated rings. The number of pyridine rings is 1. The summed E-state index contributed by atoms with van der Waals surface area (Å²) in [6.07, 6.45) is 3.84. The molecule has 5 heteroatoms. The highest BCUT2D eigenvalue weighted by Crippen LogP contribution is 2.21. The van der Waals surface area contributed by atoms with E-state index in [2.05, 4.69) is 39.5 Å². The Hall–Kier alpha value is -2.43. The molecule has 0 N–H and O–H groups in total. The van der Waals surface area contributed by atoms with Gasteiger partial charge >= 0.3 is 0 Å². The first-order valence-electron chi connectivity index (χ1n) is 7.52. The minimum Gasteiger partial charge on any atom is -0.325 e. The van der Waals surface area contributed by atoms with Crippen molar-refractivity contribution in [2.75, 3.05) is 0 Å². The van der Waals surface area contributed by atoms with Gasteiger partial charge in [-0.1, -0.05) is 6.07 Å². The number of aromatic nitrogens is 5. The van der Waals surface area contributed by atoms with Crippen molar-refractivity contribution in [1.82, 2.24) is 24.3 Å². The van der Waals surface area contributed by atoms with Crippen LogP contribution in [0.4, 0.5) is 0 Å². The number of rotatable bonds is 4. The first-order valence-corrected chi connectivity index (χ1v) is 7.52. The zero-order valence-electron chi connectivity index (χ0n) is 13.5. The van der Waals surface area contributed by atoms with Crippen LogP contribution in [0.25, 0.3) is 11.5 Å². The Morgan fingerprint density at radius 2 is 1.95 bits per heavy atom. The Labute approximate surface area is 130 Å². The van der Waals surface area contributed by atoms with Crippen LogP contribution in [0.15, 0.2) is 36.7 Å². The van der Waals surface area contributed by atoms with Crippen LogP contribution in [0.3, 0.4) is 0 Å². The van der Waals surface area contributed by atoms with Crippen LogP contribution < -0.4 is 0 Å². The number of nitrogens with zero attached hydrogens (tertiary/aromatic N) is 5. The molecule has 3 aromatic heterocycles. The van der Waals surface area contributed by atoms with Gasteiger partial charge in [-0.15, -0.1) is 0 Å². The van der Waals surface area contributed by atoms with E-state index >= 15 is 0 Å². The van der Waals surface area contributed by atoms with Crippen molar-refractivity contribution in [1.29, 1.82) is 0 Å². The van der Waals surface area contributed by atoms with Crippen molar-refractivity contribution in [2.45, 2.75) is 40.3 Å². The van der Waals surface area contributed by atoms with Gasteiger partial charge in [0, 0.05) is 23.8 Å². The fraction of sp³-hybridized carbons (Fsp3) is 0.353. The molecule has 0 amide bonds. The van der Waals surface area contributed by atoms with E-state index in [1.807, 2.05) is 49.1 Å². The van der Waals surface area contributed by atoms with Gasteiger partial charge in [0.2, 0.25) is 0 Å². The molecule has 1 atom stereocenters. The minimum absolute atomic E-state index is 0.248. The lowest BCUT2D eigenvalue weighted by atomic mass is 10.2. The molecule has 114 valence electrons. The van der Waals surface area contributed by atoms with E-state index in [-0.39, 0.29) is 6.04 Å².